The molecule has 152 valence electrons. The fraction of sp³-hybridized carbons (Fsp3) is 0.333. The van der Waals surface area contributed by atoms with Gasteiger partial charge in [-0.3, -0.25) is 9.88 Å². The number of rotatable bonds is 3. The van der Waals surface area contributed by atoms with Gasteiger partial charge in [0.15, 0.2) is 5.82 Å². The van der Waals surface area contributed by atoms with Crippen molar-refractivity contribution in [1.82, 2.24) is 9.88 Å². The van der Waals surface area contributed by atoms with Gasteiger partial charge in [0.2, 0.25) is 0 Å². The predicted molar refractivity (Wildman–Crippen MR) is 112 cm³/mol. The van der Waals surface area contributed by atoms with Crippen LogP contribution in [0.1, 0.15) is 24.0 Å². The predicted octanol–water partition coefficient (Wildman–Crippen LogP) is 4.49. The van der Waals surface area contributed by atoms with E-state index in [-0.39, 0.29) is 10.9 Å². The summed E-state index contributed by atoms with van der Waals surface area (Å²) in [6, 6.07) is 14.8. The molecule has 0 saturated carbocycles. The highest BCUT2D eigenvalue weighted by Crippen LogP contribution is 2.43. The maximum atomic E-state index is 14.3. The van der Waals surface area contributed by atoms with Gasteiger partial charge in [0.1, 0.15) is 17.4 Å². The first-order valence-corrected chi connectivity index (χ1v) is 10.3. The number of anilines is 1. The first-order valence-electron chi connectivity index (χ1n) is 10.3. The highest BCUT2D eigenvalue weighted by molar-refractivity contribution is 5.95. The Bertz CT molecular complexity index is 1140. The first kappa shape index (κ1) is 19.0. The number of hydrogen-bond acceptors (Lipinski definition) is 4. The molecule has 1 aromatic heterocycles. The number of benzene rings is 2. The molecule has 1 unspecified atom stereocenters. The number of nitrogens with zero attached hydrogens (tertiary/aromatic N) is 4. The molecule has 0 N–H and O–H groups in total. The van der Waals surface area contributed by atoms with E-state index in [0.717, 1.165) is 51.6 Å². The van der Waals surface area contributed by atoms with Crippen molar-refractivity contribution in [3.05, 3.63) is 71.4 Å². The highest BCUT2D eigenvalue weighted by atomic mass is 19.1. The van der Waals surface area contributed by atoms with Crippen molar-refractivity contribution in [3.8, 4) is 6.07 Å². The molecule has 0 bridgehead atoms. The molecular formula is C24H22F2N4. The summed E-state index contributed by atoms with van der Waals surface area (Å²) in [4.78, 5) is 8.69. The van der Waals surface area contributed by atoms with Crippen LogP contribution in [0.4, 0.5) is 14.5 Å². The molecule has 2 fully saturated rings. The largest absolute Gasteiger partial charge is 0.369 e. The van der Waals surface area contributed by atoms with Gasteiger partial charge in [-0.2, -0.15) is 5.26 Å². The summed E-state index contributed by atoms with van der Waals surface area (Å²) >= 11 is 0. The van der Waals surface area contributed by atoms with Crippen LogP contribution in [0.2, 0.25) is 0 Å². The van der Waals surface area contributed by atoms with Crippen LogP contribution in [0.25, 0.3) is 10.9 Å². The number of pyridine rings is 1. The lowest BCUT2D eigenvalue weighted by Crippen LogP contribution is -2.31. The average molecular weight is 404 g/mol. The van der Waals surface area contributed by atoms with Crippen LogP contribution in [-0.4, -0.2) is 36.1 Å². The quantitative estimate of drug-likeness (QED) is 0.645. The molecule has 2 aromatic carbocycles. The van der Waals surface area contributed by atoms with Gasteiger partial charge < -0.3 is 4.90 Å². The van der Waals surface area contributed by atoms with Gasteiger partial charge in [-0.15, -0.1) is 0 Å². The lowest BCUT2D eigenvalue weighted by atomic mass is 9.86. The number of halogens is 2. The summed E-state index contributed by atoms with van der Waals surface area (Å²) < 4.78 is 28.3. The smallest absolute Gasteiger partial charge is 0.152 e. The third-order valence-corrected chi connectivity index (χ3v) is 6.50. The molecule has 4 nitrogen and oxygen atoms in total. The van der Waals surface area contributed by atoms with E-state index in [1.54, 1.807) is 0 Å². The zero-order valence-electron chi connectivity index (χ0n) is 16.6. The fourth-order valence-electron chi connectivity index (χ4n) is 5.10. The van der Waals surface area contributed by atoms with Gasteiger partial charge in [0.05, 0.1) is 11.3 Å². The Morgan fingerprint density at radius 3 is 2.67 bits per heavy atom. The number of hydrogen-bond donors (Lipinski definition) is 0. The van der Waals surface area contributed by atoms with Crippen molar-refractivity contribution < 1.29 is 8.78 Å². The maximum absolute atomic E-state index is 14.3. The molecule has 1 spiro atoms. The molecule has 2 aliphatic rings. The molecule has 0 aliphatic carbocycles. The lowest BCUT2D eigenvalue weighted by Gasteiger charge is -2.27. The monoisotopic (exact) mass is 404 g/mol. The molecule has 0 amide bonds. The Labute approximate surface area is 174 Å². The van der Waals surface area contributed by atoms with Gasteiger partial charge in [-0.05, 0) is 31.0 Å². The normalized spacial score (nSPS) is 21.6. The van der Waals surface area contributed by atoms with Crippen LogP contribution in [0.5, 0.6) is 0 Å². The maximum Gasteiger partial charge on any atom is 0.152 e. The molecule has 2 saturated heterocycles. The van der Waals surface area contributed by atoms with Gasteiger partial charge >= 0.3 is 0 Å². The van der Waals surface area contributed by atoms with E-state index in [4.69, 9.17) is 0 Å². The zero-order valence-corrected chi connectivity index (χ0v) is 16.6. The summed E-state index contributed by atoms with van der Waals surface area (Å²) in [5.41, 5.74) is 2.54. The van der Waals surface area contributed by atoms with Gasteiger partial charge in [0.25, 0.3) is 0 Å². The number of aromatic nitrogens is 1. The standard InChI is InChI=1S/C24H22F2N4/c25-19-10-20-22(21(26)11-19)28-13-18(12-27)23(20)30-9-7-24(16-30)6-8-29(15-24)14-17-4-2-1-3-5-17/h1-5,10-11,13H,6-9,14-16H2. The Hall–Kier alpha value is -3.04. The van der Waals surface area contributed by atoms with Crippen LogP contribution >= 0.6 is 0 Å². The van der Waals surface area contributed by atoms with Crippen molar-refractivity contribution in [3.63, 3.8) is 0 Å². The van der Waals surface area contributed by atoms with E-state index in [0.29, 0.717) is 16.6 Å². The SMILES string of the molecule is N#Cc1cnc2c(F)cc(F)cc2c1N1CCC2(CCN(Cc3ccccc3)C2)C1. The molecular weight excluding hydrogens is 382 g/mol. The topological polar surface area (TPSA) is 43.2 Å². The third kappa shape index (κ3) is 3.29. The van der Waals surface area contributed by atoms with E-state index in [9.17, 15) is 14.0 Å². The Kier molecular flexibility index (Phi) is 4.63. The minimum Gasteiger partial charge on any atom is -0.369 e. The molecule has 2 aliphatic heterocycles. The lowest BCUT2D eigenvalue weighted by molar-refractivity contribution is 0.270. The minimum absolute atomic E-state index is 0.114. The summed E-state index contributed by atoms with van der Waals surface area (Å²) in [5.74, 6) is -1.35. The summed E-state index contributed by atoms with van der Waals surface area (Å²) in [6.45, 7) is 4.51. The van der Waals surface area contributed by atoms with Crippen molar-refractivity contribution >= 4 is 16.6 Å². The zero-order chi connectivity index (χ0) is 20.7. The molecule has 3 heterocycles. The van der Waals surface area contributed by atoms with E-state index in [1.165, 1.54) is 17.8 Å². The van der Waals surface area contributed by atoms with Crippen LogP contribution < -0.4 is 4.90 Å². The van der Waals surface area contributed by atoms with Gasteiger partial charge in [-0.1, -0.05) is 30.3 Å². The Morgan fingerprint density at radius 1 is 1.07 bits per heavy atom. The van der Waals surface area contributed by atoms with E-state index in [1.807, 2.05) is 6.07 Å². The van der Waals surface area contributed by atoms with Gasteiger partial charge in [-0.25, -0.2) is 8.78 Å². The van der Waals surface area contributed by atoms with E-state index in [2.05, 4.69) is 45.1 Å². The number of likely N-dealkylation sites (tertiary alicyclic amines) is 1. The second-order valence-electron chi connectivity index (χ2n) is 8.53. The molecule has 5 rings (SSSR count). The van der Waals surface area contributed by atoms with Crippen LogP contribution in [-0.2, 0) is 6.54 Å². The molecule has 6 heteroatoms. The number of nitriles is 1. The molecule has 30 heavy (non-hydrogen) atoms. The van der Waals surface area contributed by atoms with Crippen LogP contribution in [0.15, 0.2) is 48.7 Å². The van der Waals surface area contributed by atoms with Crippen molar-refractivity contribution in [2.75, 3.05) is 31.1 Å². The third-order valence-electron chi connectivity index (χ3n) is 6.50. The summed E-state index contributed by atoms with van der Waals surface area (Å²) in [6.07, 6.45) is 3.49. The first-order chi connectivity index (χ1) is 14.6. The van der Waals surface area contributed by atoms with Crippen LogP contribution in [0, 0.1) is 28.4 Å². The van der Waals surface area contributed by atoms with Crippen molar-refractivity contribution in [2.24, 2.45) is 5.41 Å². The van der Waals surface area contributed by atoms with E-state index >= 15 is 0 Å². The fourth-order valence-corrected chi connectivity index (χ4v) is 5.10. The molecule has 1 atom stereocenters. The van der Waals surface area contributed by atoms with Crippen molar-refractivity contribution in [1.29, 1.82) is 5.26 Å². The van der Waals surface area contributed by atoms with Crippen LogP contribution in [0.3, 0.4) is 0 Å². The second-order valence-corrected chi connectivity index (χ2v) is 8.53. The Morgan fingerprint density at radius 2 is 1.87 bits per heavy atom. The number of fused-ring (bicyclic) bond motifs is 1. The molecule has 3 aromatic rings. The summed E-state index contributed by atoms with van der Waals surface area (Å²) in [7, 11) is 0. The molecule has 0 radical (unpaired) electrons. The van der Waals surface area contributed by atoms with E-state index < -0.39 is 11.6 Å². The minimum atomic E-state index is -0.695. The highest BCUT2D eigenvalue weighted by Gasteiger charge is 2.44. The van der Waals surface area contributed by atoms with Crippen molar-refractivity contribution in [2.45, 2.75) is 19.4 Å². The van der Waals surface area contributed by atoms with Gasteiger partial charge in [0, 0.05) is 49.2 Å². The average Bonchev–Trinajstić information content (AvgIpc) is 3.34. The Balaban J connectivity index is 1.43. The second kappa shape index (κ2) is 7.33. The summed E-state index contributed by atoms with van der Waals surface area (Å²) in [5, 5.41) is 10.0.